The number of benzene rings is 3. The normalized spacial score (nSPS) is 15.6. The molecule has 1 fully saturated rings. The summed E-state index contributed by atoms with van der Waals surface area (Å²) in [5, 5.41) is 0. The highest BCUT2D eigenvalue weighted by Gasteiger charge is 2.29. The monoisotopic (exact) mass is 418 g/mol. The molecule has 4 rings (SSSR count). The first kappa shape index (κ1) is 20.6. The van der Waals surface area contributed by atoms with E-state index >= 15 is 0 Å². The van der Waals surface area contributed by atoms with Gasteiger partial charge in [0.2, 0.25) is 5.91 Å². The van der Waals surface area contributed by atoms with Crippen molar-refractivity contribution in [3.63, 3.8) is 0 Å². The van der Waals surface area contributed by atoms with E-state index in [0.29, 0.717) is 35.6 Å². The third kappa shape index (κ3) is 4.91. The number of nitrogens with two attached hydrogens (primary N) is 1. The molecular weight excluding hydrogens is 395 g/mol. The number of nitrogens with zero attached hydrogens (tertiary/aromatic N) is 1. The minimum absolute atomic E-state index is 0.0312. The Morgan fingerprint density at radius 2 is 1.61 bits per heavy atom. The van der Waals surface area contributed by atoms with Crippen LogP contribution in [0.4, 0.5) is 4.39 Å². The molecule has 0 aliphatic carbocycles. The topological polar surface area (TPSA) is 72.6 Å². The fourth-order valence-electron chi connectivity index (χ4n) is 3.91. The van der Waals surface area contributed by atoms with Crippen molar-refractivity contribution in [3.05, 3.63) is 95.3 Å². The number of likely N-dealkylation sites (tertiary alicyclic amines) is 1. The molecule has 31 heavy (non-hydrogen) atoms. The van der Waals surface area contributed by atoms with Gasteiger partial charge in [0.15, 0.2) is 0 Å². The molecule has 3 aromatic rings. The van der Waals surface area contributed by atoms with Crippen molar-refractivity contribution >= 4 is 11.8 Å². The average Bonchev–Trinajstić information content (AvgIpc) is 3.22. The van der Waals surface area contributed by atoms with Crippen molar-refractivity contribution in [1.29, 1.82) is 0 Å². The fourth-order valence-corrected chi connectivity index (χ4v) is 3.91. The van der Waals surface area contributed by atoms with Crippen molar-refractivity contribution in [1.82, 2.24) is 4.90 Å². The Labute approximate surface area is 180 Å². The van der Waals surface area contributed by atoms with Crippen LogP contribution in [0.25, 0.3) is 0 Å². The predicted octanol–water partition coefficient (Wildman–Crippen LogP) is 4.56. The third-order valence-electron chi connectivity index (χ3n) is 5.47. The highest BCUT2D eigenvalue weighted by atomic mass is 19.1. The van der Waals surface area contributed by atoms with Crippen LogP contribution in [-0.2, 0) is 6.42 Å². The summed E-state index contributed by atoms with van der Waals surface area (Å²) in [6.07, 6.45) is 2.49. The number of halogens is 1. The highest BCUT2D eigenvalue weighted by Crippen LogP contribution is 2.26. The van der Waals surface area contributed by atoms with Crippen LogP contribution in [0, 0.1) is 5.82 Å². The maximum atomic E-state index is 13.5. The molecule has 1 aliphatic heterocycles. The molecule has 3 aromatic carbocycles. The summed E-state index contributed by atoms with van der Waals surface area (Å²) < 4.78 is 19.3. The minimum atomic E-state index is -0.493. The molecule has 1 aliphatic rings. The summed E-state index contributed by atoms with van der Waals surface area (Å²) in [7, 11) is 0. The lowest BCUT2D eigenvalue weighted by molar-refractivity contribution is 0.0736. The molecule has 1 atom stereocenters. The van der Waals surface area contributed by atoms with Gasteiger partial charge in [0.25, 0.3) is 5.91 Å². The maximum Gasteiger partial charge on any atom is 0.254 e. The largest absolute Gasteiger partial charge is 0.457 e. The second-order valence-corrected chi connectivity index (χ2v) is 7.64. The zero-order valence-corrected chi connectivity index (χ0v) is 17.0. The standard InChI is InChI=1S/C25H23FN2O3/c26-20-4-1-3-17(15-20)16-21-5-2-14-28(21)25(30)19-8-12-23(13-9-19)31-22-10-6-18(7-11-22)24(27)29/h1,3-4,6-13,15,21H,2,5,14,16H2,(H2,27,29). The van der Waals surface area contributed by atoms with E-state index < -0.39 is 5.91 Å². The number of primary amides is 1. The molecule has 0 spiro atoms. The lowest BCUT2D eigenvalue weighted by Crippen LogP contribution is -2.36. The molecule has 0 radical (unpaired) electrons. The first-order chi connectivity index (χ1) is 15.0. The second-order valence-electron chi connectivity index (χ2n) is 7.64. The lowest BCUT2D eigenvalue weighted by Gasteiger charge is -2.25. The molecule has 1 saturated heterocycles. The third-order valence-corrected chi connectivity index (χ3v) is 5.47. The lowest BCUT2D eigenvalue weighted by atomic mass is 10.0. The van der Waals surface area contributed by atoms with Gasteiger partial charge in [-0.05, 0) is 85.5 Å². The van der Waals surface area contributed by atoms with E-state index in [1.807, 2.05) is 11.0 Å². The minimum Gasteiger partial charge on any atom is -0.457 e. The first-order valence-electron chi connectivity index (χ1n) is 10.2. The molecule has 5 nitrogen and oxygen atoms in total. The van der Waals surface area contributed by atoms with Gasteiger partial charge in [-0.3, -0.25) is 9.59 Å². The molecule has 0 bridgehead atoms. The number of carbonyl (C=O) groups excluding carboxylic acids is 2. The Bertz CT molecular complexity index is 1080. The number of carbonyl (C=O) groups is 2. The van der Waals surface area contributed by atoms with Gasteiger partial charge in [0, 0.05) is 23.7 Å². The summed E-state index contributed by atoms with van der Waals surface area (Å²) in [6.45, 7) is 0.698. The van der Waals surface area contributed by atoms with Crippen molar-refractivity contribution in [2.45, 2.75) is 25.3 Å². The van der Waals surface area contributed by atoms with E-state index in [1.165, 1.54) is 12.1 Å². The molecule has 0 saturated carbocycles. The zero-order chi connectivity index (χ0) is 21.8. The van der Waals surface area contributed by atoms with Crippen LogP contribution >= 0.6 is 0 Å². The average molecular weight is 418 g/mol. The van der Waals surface area contributed by atoms with E-state index in [0.717, 1.165) is 18.4 Å². The van der Waals surface area contributed by atoms with Crippen LogP contribution in [0.15, 0.2) is 72.8 Å². The second kappa shape index (κ2) is 9.00. The Morgan fingerprint density at radius 3 is 2.23 bits per heavy atom. The highest BCUT2D eigenvalue weighted by molar-refractivity contribution is 5.95. The van der Waals surface area contributed by atoms with Crippen LogP contribution in [0.2, 0.25) is 0 Å². The van der Waals surface area contributed by atoms with Gasteiger partial charge in [0.05, 0.1) is 0 Å². The van der Waals surface area contributed by atoms with Crippen molar-refractivity contribution in [3.8, 4) is 11.5 Å². The first-order valence-corrected chi connectivity index (χ1v) is 10.2. The summed E-state index contributed by atoms with van der Waals surface area (Å²) in [5.74, 6) is 0.372. The number of rotatable bonds is 6. The Balaban J connectivity index is 1.41. The molecule has 0 aromatic heterocycles. The van der Waals surface area contributed by atoms with Crippen molar-refractivity contribution in [2.75, 3.05) is 6.54 Å². The number of amides is 2. The molecule has 1 heterocycles. The molecule has 6 heteroatoms. The molecule has 2 N–H and O–H groups in total. The van der Waals surface area contributed by atoms with E-state index in [2.05, 4.69) is 0 Å². The van der Waals surface area contributed by atoms with Crippen LogP contribution in [-0.4, -0.2) is 29.3 Å². The summed E-state index contributed by atoms with van der Waals surface area (Å²) in [6, 6.07) is 20.1. The van der Waals surface area contributed by atoms with Crippen molar-refractivity contribution in [2.24, 2.45) is 5.73 Å². The van der Waals surface area contributed by atoms with E-state index in [-0.39, 0.29) is 17.8 Å². The summed E-state index contributed by atoms with van der Waals surface area (Å²) in [5.41, 5.74) is 7.13. The number of hydrogen-bond acceptors (Lipinski definition) is 3. The van der Waals surface area contributed by atoms with Crippen molar-refractivity contribution < 1.29 is 18.7 Å². The SMILES string of the molecule is NC(=O)c1ccc(Oc2ccc(C(=O)N3CCCC3Cc3cccc(F)c3)cc2)cc1. The van der Waals surface area contributed by atoms with Gasteiger partial charge in [0.1, 0.15) is 17.3 Å². The Kier molecular flexibility index (Phi) is 5.98. The van der Waals surface area contributed by atoms with E-state index in [9.17, 15) is 14.0 Å². The summed E-state index contributed by atoms with van der Waals surface area (Å²) in [4.78, 5) is 26.1. The van der Waals surface area contributed by atoms with Crippen LogP contribution in [0.3, 0.4) is 0 Å². The van der Waals surface area contributed by atoms with Crippen LogP contribution in [0.1, 0.15) is 39.1 Å². The molecule has 2 amide bonds. The van der Waals surface area contributed by atoms with E-state index in [4.69, 9.17) is 10.5 Å². The number of ether oxygens (including phenoxy) is 1. The fraction of sp³-hybridized carbons (Fsp3) is 0.200. The quantitative estimate of drug-likeness (QED) is 0.638. The molecule has 158 valence electrons. The van der Waals surface area contributed by atoms with Gasteiger partial charge in [-0.2, -0.15) is 0 Å². The van der Waals surface area contributed by atoms with Gasteiger partial charge in [-0.25, -0.2) is 4.39 Å². The smallest absolute Gasteiger partial charge is 0.254 e. The van der Waals surface area contributed by atoms with Gasteiger partial charge >= 0.3 is 0 Å². The van der Waals surface area contributed by atoms with Crippen LogP contribution < -0.4 is 10.5 Å². The number of hydrogen-bond donors (Lipinski definition) is 1. The maximum absolute atomic E-state index is 13.5. The van der Waals surface area contributed by atoms with E-state index in [1.54, 1.807) is 54.6 Å². The Morgan fingerprint density at radius 1 is 0.968 bits per heavy atom. The molecular formula is C25H23FN2O3. The summed E-state index contributed by atoms with van der Waals surface area (Å²) >= 11 is 0. The van der Waals surface area contributed by atoms with Gasteiger partial charge in [-0.15, -0.1) is 0 Å². The zero-order valence-electron chi connectivity index (χ0n) is 17.0. The Hall–Kier alpha value is -3.67. The van der Waals surface area contributed by atoms with Crippen LogP contribution in [0.5, 0.6) is 11.5 Å². The molecule has 1 unspecified atom stereocenters. The van der Waals surface area contributed by atoms with Gasteiger partial charge in [-0.1, -0.05) is 12.1 Å². The predicted molar refractivity (Wildman–Crippen MR) is 116 cm³/mol. The van der Waals surface area contributed by atoms with Gasteiger partial charge < -0.3 is 15.4 Å².